The number of nitrogens with one attached hydrogen (secondary N) is 3. The number of guanidine groups is 2. The zero-order valence-electron chi connectivity index (χ0n) is 16.3. The van der Waals surface area contributed by atoms with Crippen molar-refractivity contribution in [3.8, 4) is 0 Å². The van der Waals surface area contributed by atoms with Crippen molar-refractivity contribution in [2.24, 2.45) is 16.5 Å². The Hall–Kier alpha value is -2.27. The average molecular weight is 398 g/mol. The molecule has 11 heteroatoms. The molecule has 0 bridgehead atoms. The summed E-state index contributed by atoms with van der Waals surface area (Å²) in [6.07, 6.45) is 5.05. The molecule has 0 aliphatic carbocycles. The first-order valence-corrected chi connectivity index (χ1v) is 9.95. The number of ether oxygens (including phenoxy) is 1. The number of aliphatic hydroxyl groups is 2. The predicted octanol–water partition coefficient (Wildman–Crippen LogP) is -1.95. The molecule has 3 atom stereocenters. The normalized spacial score (nSPS) is 30.0. The Labute approximate surface area is 164 Å². The largest absolute Gasteiger partial charge is 0.446 e. The van der Waals surface area contributed by atoms with E-state index in [0.717, 1.165) is 19.3 Å². The number of carbonyl (C=O) groups is 1. The lowest BCUT2D eigenvalue weighted by atomic mass is 9.87. The maximum absolute atomic E-state index is 12.0. The van der Waals surface area contributed by atoms with Crippen LogP contribution in [-0.2, 0) is 4.74 Å². The van der Waals surface area contributed by atoms with Crippen LogP contribution in [0.2, 0.25) is 0 Å². The second kappa shape index (κ2) is 8.00. The molecule has 3 rings (SSSR count). The maximum Gasteiger partial charge on any atom is 0.407 e. The molecule has 0 saturated carbocycles. The molecular weight excluding hydrogens is 366 g/mol. The van der Waals surface area contributed by atoms with E-state index in [2.05, 4.69) is 27.9 Å². The molecule has 0 aromatic heterocycles. The summed E-state index contributed by atoms with van der Waals surface area (Å²) in [5.41, 5.74) is 10.6. The molecule has 3 aliphatic heterocycles. The number of nitrogens with zero attached hydrogens (tertiary/aromatic N) is 2. The summed E-state index contributed by atoms with van der Waals surface area (Å²) in [5.74, 6) is -1.75. The zero-order chi connectivity index (χ0) is 20.4. The Morgan fingerprint density at radius 3 is 2.86 bits per heavy atom. The molecule has 1 amide bonds. The molecule has 0 aromatic carbocycles. The smallest absolute Gasteiger partial charge is 0.407 e. The first kappa shape index (κ1) is 20.5. The summed E-state index contributed by atoms with van der Waals surface area (Å²) in [4.78, 5) is 16.3. The van der Waals surface area contributed by atoms with Gasteiger partial charge < -0.3 is 31.3 Å². The van der Waals surface area contributed by atoms with Gasteiger partial charge in [0.1, 0.15) is 12.6 Å². The van der Waals surface area contributed by atoms with Gasteiger partial charge in [0, 0.05) is 13.0 Å². The molecule has 158 valence electrons. The van der Waals surface area contributed by atoms with Gasteiger partial charge in [-0.05, 0) is 6.42 Å². The number of nitrogens with two attached hydrogens (primary N) is 2. The van der Waals surface area contributed by atoms with Gasteiger partial charge >= 0.3 is 12.1 Å². The molecule has 1 saturated heterocycles. The lowest BCUT2D eigenvalue weighted by Gasteiger charge is -2.42. The van der Waals surface area contributed by atoms with E-state index >= 15 is 0 Å². The van der Waals surface area contributed by atoms with Crippen molar-refractivity contribution < 1.29 is 24.3 Å². The SMILES string of the molecule is CCCCCCCNC(=O)OC[C@@H]1NC(N)=[N+]2CCC(O)(O)C23NC(N)=NC13. The van der Waals surface area contributed by atoms with Gasteiger partial charge in [0.2, 0.25) is 11.4 Å². The van der Waals surface area contributed by atoms with Crippen LogP contribution in [0.3, 0.4) is 0 Å². The molecule has 9 N–H and O–H groups in total. The summed E-state index contributed by atoms with van der Waals surface area (Å²) in [6.45, 7) is 2.99. The number of hydrogen-bond acceptors (Lipinski definition) is 9. The molecule has 3 heterocycles. The number of alkyl carbamates (subject to hydrolysis) is 1. The van der Waals surface area contributed by atoms with Gasteiger partial charge in [0.15, 0.2) is 12.0 Å². The molecule has 2 unspecified atom stereocenters. The van der Waals surface area contributed by atoms with E-state index in [9.17, 15) is 15.0 Å². The van der Waals surface area contributed by atoms with E-state index in [1.807, 2.05) is 0 Å². The van der Waals surface area contributed by atoms with Crippen molar-refractivity contribution >= 4 is 18.0 Å². The third-order valence-corrected chi connectivity index (χ3v) is 5.69. The van der Waals surface area contributed by atoms with E-state index in [0.29, 0.717) is 13.1 Å². The highest BCUT2D eigenvalue weighted by atomic mass is 16.5. The van der Waals surface area contributed by atoms with Gasteiger partial charge in [-0.3, -0.25) is 11.1 Å². The molecular formula is C17H32N7O4+. The van der Waals surface area contributed by atoms with Crippen LogP contribution in [-0.4, -0.2) is 76.0 Å². The number of rotatable bonds is 8. The van der Waals surface area contributed by atoms with Crippen LogP contribution in [0, 0.1) is 0 Å². The summed E-state index contributed by atoms with van der Waals surface area (Å²) < 4.78 is 6.93. The lowest BCUT2D eigenvalue weighted by Crippen LogP contribution is -2.77. The highest BCUT2D eigenvalue weighted by Crippen LogP contribution is 2.40. The van der Waals surface area contributed by atoms with E-state index in [-0.39, 0.29) is 24.9 Å². The van der Waals surface area contributed by atoms with Crippen molar-refractivity contribution in [3.63, 3.8) is 0 Å². The molecule has 11 nitrogen and oxygen atoms in total. The maximum atomic E-state index is 12.0. The highest BCUT2D eigenvalue weighted by Gasteiger charge is 2.71. The number of unbranched alkanes of at least 4 members (excludes halogenated alkanes) is 4. The minimum absolute atomic E-state index is 0.0445. The van der Waals surface area contributed by atoms with Gasteiger partial charge in [0.25, 0.3) is 0 Å². The molecule has 28 heavy (non-hydrogen) atoms. The number of carbonyl (C=O) groups excluding carboxylic acids is 1. The van der Waals surface area contributed by atoms with Crippen molar-refractivity contribution in [3.05, 3.63) is 0 Å². The minimum atomic E-state index is -2.09. The monoisotopic (exact) mass is 398 g/mol. The fraction of sp³-hybridized carbons (Fsp3) is 0.824. The second-order valence-corrected chi connectivity index (χ2v) is 7.64. The topological polar surface area (TPSA) is 170 Å². The third kappa shape index (κ3) is 3.55. The van der Waals surface area contributed by atoms with Gasteiger partial charge in [-0.1, -0.05) is 32.6 Å². The van der Waals surface area contributed by atoms with Gasteiger partial charge in [0.05, 0.1) is 6.54 Å². The van der Waals surface area contributed by atoms with Crippen LogP contribution >= 0.6 is 0 Å². The fourth-order valence-corrected chi connectivity index (χ4v) is 4.27. The Balaban J connectivity index is 1.58. The van der Waals surface area contributed by atoms with Crippen LogP contribution in [0.25, 0.3) is 0 Å². The molecule has 0 radical (unpaired) electrons. The third-order valence-electron chi connectivity index (χ3n) is 5.69. The van der Waals surface area contributed by atoms with E-state index in [1.165, 1.54) is 12.8 Å². The molecule has 3 aliphatic rings. The Morgan fingerprint density at radius 1 is 1.36 bits per heavy atom. The van der Waals surface area contributed by atoms with Gasteiger partial charge in [-0.15, -0.1) is 0 Å². The molecule has 0 aromatic rings. The fourth-order valence-electron chi connectivity index (χ4n) is 4.27. The van der Waals surface area contributed by atoms with Gasteiger partial charge in [-0.2, -0.15) is 0 Å². The number of amides is 1. The molecule has 1 spiro atoms. The van der Waals surface area contributed by atoms with Crippen LogP contribution in [0.4, 0.5) is 4.79 Å². The van der Waals surface area contributed by atoms with Crippen molar-refractivity contribution in [1.29, 1.82) is 0 Å². The Bertz CT molecular complexity index is 666. The standard InChI is InChI=1S/C17H31N7O4/c1-2-3-4-5-6-8-20-15(25)28-10-11-12-17(23-13(18)22-12)16(26,27)7-9-24(17)14(19)21-11/h11-12,26-27H,2-10H2,1H3,(H6,18,19,20,21,22,23,25)/p+1/t11-,12?,17?/m0/s1. The first-order valence-electron chi connectivity index (χ1n) is 9.95. The van der Waals surface area contributed by atoms with E-state index in [1.54, 1.807) is 4.58 Å². The number of aliphatic imine (C=N–C) groups is 1. The minimum Gasteiger partial charge on any atom is -0.446 e. The summed E-state index contributed by atoms with van der Waals surface area (Å²) in [7, 11) is 0. The van der Waals surface area contributed by atoms with Crippen LogP contribution in [0.1, 0.15) is 45.4 Å². The zero-order valence-corrected chi connectivity index (χ0v) is 16.3. The predicted molar refractivity (Wildman–Crippen MR) is 102 cm³/mol. The van der Waals surface area contributed by atoms with Crippen LogP contribution in [0.15, 0.2) is 4.99 Å². The van der Waals surface area contributed by atoms with Crippen molar-refractivity contribution in [2.45, 2.75) is 69.0 Å². The Kier molecular flexibility index (Phi) is 5.84. The average Bonchev–Trinajstić information content (AvgIpc) is 3.13. The quantitative estimate of drug-likeness (QED) is 0.140. The summed E-state index contributed by atoms with van der Waals surface area (Å²) in [6, 6.07) is -1.25. The number of hydrogen-bond donors (Lipinski definition) is 7. The second-order valence-electron chi connectivity index (χ2n) is 7.64. The first-order chi connectivity index (χ1) is 13.3. The van der Waals surface area contributed by atoms with Crippen molar-refractivity contribution in [1.82, 2.24) is 16.0 Å². The Morgan fingerprint density at radius 2 is 2.11 bits per heavy atom. The van der Waals surface area contributed by atoms with Crippen LogP contribution < -0.4 is 27.4 Å². The highest BCUT2D eigenvalue weighted by molar-refractivity contribution is 5.83. The van der Waals surface area contributed by atoms with Crippen molar-refractivity contribution in [2.75, 3.05) is 19.7 Å². The van der Waals surface area contributed by atoms with E-state index < -0.39 is 29.6 Å². The van der Waals surface area contributed by atoms with Gasteiger partial charge in [-0.25, -0.2) is 14.4 Å². The summed E-state index contributed by atoms with van der Waals surface area (Å²) in [5, 5.41) is 29.8. The van der Waals surface area contributed by atoms with E-state index in [4.69, 9.17) is 16.2 Å². The molecule has 1 fully saturated rings. The van der Waals surface area contributed by atoms with Crippen LogP contribution in [0.5, 0.6) is 0 Å². The lowest BCUT2D eigenvalue weighted by molar-refractivity contribution is -0.623. The summed E-state index contributed by atoms with van der Waals surface area (Å²) >= 11 is 0.